The zero-order valence-corrected chi connectivity index (χ0v) is 10.5. The summed E-state index contributed by atoms with van der Waals surface area (Å²) in [7, 11) is 0. The first kappa shape index (κ1) is 12.0. The third kappa shape index (κ3) is 2.80. The number of rotatable bonds is 3. The summed E-state index contributed by atoms with van der Waals surface area (Å²) in [5, 5.41) is 2.28. The number of ether oxygens (including phenoxy) is 1. The van der Waals surface area contributed by atoms with Gasteiger partial charge in [0.25, 0.3) is 0 Å². The number of benzene rings is 2. The maximum Gasteiger partial charge on any atom is 0.308 e. The molecule has 17 heavy (non-hydrogen) atoms. The van der Waals surface area contributed by atoms with Gasteiger partial charge in [0.2, 0.25) is 0 Å². The molecule has 88 valence electrons. The first-order valence-corrected chi connectivity index (χ1v) is 6.15. The summed E-state index contributed by atoms with van der Waals surface area (Å²) in [5.74, 6) is 1.10. The van der Waals surface area contributed by atoms with E-state index in [0.717, 1.165) is 22.9 Å². The molecule has 0 aliphatic rings. The predicted octanol–water partition coefficient (Wildman–Crippen LogP) is 3.24. The van der Waals surface area contributed by atoms with E-state index >= 15 is 0 Å². The van der Waals surface area contributed by atoms with Crippen LogP contribution in [-0.4, -0.2) is 11.7 Å². The van der Waals surface area contributed by atoms with Crippen LogP contribution in [0.15, 0.2) is 36.4 Å². The molecule has 0 aromatic heterocycles. The van der Waals surface area contributed by atoms with Gasteiger partial charge < -0.3 is 4.74 Å². The molecule has 0 amide bonds. The van der Waals surface area contributed by atoms with Crippen LogP contribution in [0, 0.1) is 0 Å². The zero-order chi connectivity index (χ0) is 12.3. The highest BCUT2D eigenvalue weighted by Gasteiger charge is 2.03. The maximum atomic E-state index is 10.9. The van der Waals surface area contributed by atoms with Crippen LogP contribution in [0.5, 0.6) is 5.75 Å². The second-order valence-electron chi connectivity index (χ2n) is 3.87. The molecule has 0 radical (unpaired) electrons. The Balaban J connectivity index is 2.49. The third-order valence-electron chi connectivity index (χ3n) is 2.59. The number of aryl methyl sites for hydroxylation is 1. The smallest absolute Gasteiger partial charge is 0.308 e. The number of hydrogen-bond donors (Lipinski definition) is 1. The molecule has 0 aliphatic heterocycles. The average molecular weight is 246 g/mol. The van der Waals surface area contributed by atoms with Crippen LogP contribution in [0.4, 0.5) is 0 Å². The standard InChI is InChI=1S/C14H14O2S/c1-10(15)16-13-6-5-11-3-2-4-12(7-8-17)14(11)9-13/h2-6,9,17H,7-8H2,1H3. The number of esters is 1. The molecule has 0 aliphatic carbocycles. The van der Waals surface area contributed by atoms with Gasteiger partial charge in [0, 0.05) is 6.92 Å². The zero-order valence-electron chi connectivity index (χ0n) is 9.64. The Bertz CT molecular complexity index is 549. The Morgan fingerprint density at radius 1 is 1.29 bits per heavy atom. The van der Waals surface area contributed by atoms with Crippen molar-refractivity contribution in [1.82, 2.24) is 0 Å². The number of fused-ring (bicyclic) bond motifs is 1. The second-order valence-corrected chi connectivity index (χ2v) is 4.31. The first-order chi connectivity index (χ1) is 8.20. The van der Waals surface area contributed by atoms with Gasteiger partial charge >= 0.3 is 5.97 Å². The predicted molar refractivity (Wildman–Crippen MR) is 72.8 cm³/mol. The second kappa shape index (κ2) is 5.23. The van der Waals surface area contributed by atoms with Crippen molar-refractivity contribution in [3.63, 3.8) is 0 Å². The van der Waals surface area contributed by atoms with Gasteiger partial charge in [0.1, 0.15) is 5.75 Å². The molecule has 0 saturated carbocycles. The van der Waals surface area contributed by atoms with E-state index in [1.54, 1.807) is 0 Å². The summed E-state index contributed by atoms with van der Waals surface area (Å²) < 4.78 is 5.10. The minimum Gasteiger partial charge on any atom is -0.427 e. The molecule has 2 nitrogen and oxygen atoms in total. The molecule has 0 saturated heterocycles. The van der Waals surface area contributed by atoms with Gasteiger partial charge in [-0.25, -0.2) is 0 Å². The topological polar surface area (TPSA) is 26.3 Å². The van der Waals surface area contributed by atoms with Crippen molar-refractivity contribution >= 4 is 29.4 Å². The van der Waals surface area contributed by atoms with Gasteiger partial charge in [0.05, 0.1) is 0 Å². The molecule has 0 fully saturated rings. The van der Waals surface area contributed by atoms with Crippen LogP contribution < -0.4 is 4.74 Å². The van der Waals surface area contributed by atoms with Crippen molar-refractivity contribution in [2.24, 2.45) is 0 Å². The molecular formula is C14H14O2S. The number of thiol groups is 1. The van der Waals surface area contributed by atoms with Crippen molar-refractivity contribution in [3.8, 4) is 5.75 Å². The van der Waals surface area contributed by atoms with E-state index in [1.165, 1.54) is 12.5 Å². The van der Waals surface area contributed by atoms with Gasteiger partial charge in [-0.1, -0.05) is 24.3 Å². The molecule has 2 aromatic rings. The molecule has 0 spiro atoms. The van der Waals surface area contributed by atoms with Crippen LogP contribution in [-0.2, 0) is 11.2 Å². The quantitative estimate of drug-likeness (QED) is 0.511. The van der Waals surface area contributed by atoms with E-state index in [9.17, 15) is 4.79 Å². The van der Waals surface area contributed by atoms with Gasteiger partial charge in [-0.2, -0.15) is 12.6 Å². The van der Waals surface area contributed by atoms with Crippen LogP contribution in [0.3, 0.4) is 0 Å². The Morgan fingerprint density at radius 3 is 2.82 bits per heavy atom. The minimum atomic E-state index is -0.295. The fourth-order valence-electron chi connectivity index (χ4n) is 1.88. The first-order valence-electron chi connectivity index (χ1n) is 5.51. The summed E-state index contributed by atoms with van der Waals surface area (Å²) in [6.45, 7) is 1.41. The number of hydrogen-bond acceptors (Lipinski definition) is 3. The highest BCUT2D eigenvalue weighted by molar-refractivity contribution is 7.80. The molecule has 0 unspecified atom stereocenters. The Morgan fingerprint density at radius 2 is 2.12 bits per heavy atom. The lowest BCUT2D eigenvalue weighted by Crippen LogP contribution is -2.01. The average Bonchev–Trinajstić information content (AvgIpc) is 2.29. The summed E-state index contributed by atoms with van der Waals surface area (Å²) in [6.07, 6.45) is 0.907. The molecule has 3 heteroatoms. The third-order valence-corrected chi connectivity index (χ3v) is 2.81. The summed E-state index contributed by atoms with van der Waals surface area (Å²) in [5.41, 5.74) is 1.23. The lowest BCUT2D eigenvalue weighted by atomic mass is 10.0. The van der Waals surface area contributed by atoms with E-state index in [2.05, 4.69) is 24.8 Å². The highest BCUT2D eigenvalue weighted by atomic mass is 32.1. The molecule has 0 atom stereocenters. The Kier molecular flexibility index (Phi) is 3.69. The fraction of sp³-hybridized carbons (Fsp3) is 0.214. The lowest BCUT2D eigenvalue weighted by Gasteiger charge is -2.07. The molecule has 0 N–H and O–H groups in total. The Labute approximate surface area is 106 Å². The molecule has 0 bridgehead atoms. The lowest BCUT2D eigenvalue weighted by molar-refractivity contribution is -0.131. The summed E-state index contributed by atoms with van der Waals surface area (Å²) in [6, 6.07) is 11.9. The summed E-state index contributed by atoms with van der Waals surface area (Å²) >= 11 is 4.25. The normalized spacial score (nSPS) is 10.5. The van der Waals surface area contributed by atoms with Crippen molar-refractivity contribution in [1.29, 1.82) is 0 Å². The molecule has 2 aromatic carbocycles. The maximum absolute atomic E-state index is 10.9. The number of carbonyl (C=O) groups excluding carboxylic acids is 1. The van der Waals surface area contributed by atoms with E-state index in [0.29, 0.717) is 5.75 Å². The highest BCUT2D eigenvalue weighted by Crippen LogP contribution is 2.24. The molecule has 0 heterocycles. The number of carbonyl (C=O) groups is 1. The van der Waals surface area contributed by atoms with Crippen molar-refractivity contribution in [3.05, 3.63) is 42.0 Å². The van der Waals surface area contributed by atoms with E-state index < -0.39 is 0 Å². The van der Waals surface area contributed by atoms with Crippen molar-refractivity contribution < 1.29 is 9.53 Å². The van der Waals surface area contributed by atoms with Gasteiger partial charge in [-0.05, 0) is 40.6 Å². The van der Waals surface area contributed by atoms with Crippen molar-refractivity contribution in [2.45, 2.75) is 13.3 Å². The van der Waals surface area contributed by atoms with E-state index in [4.69, 9.17) is 4.74 Å². The fourth-order valence-corrected chi connectivity index (χ4v) is 2.13. The minimum absolute atomic E-state index is 0.295. The molecular weight excluding hydrogens is 232 g/mol. The van der Waals surface area contributed by atoms with E-state index in [-0.39, 0.29) is 5.97 Å². The Hall–Kier alpha value is -1.48. The van der Waals surface area contributed by atoms with Crippen molar-refractivity contribution in [2.75, 3.05) is 5.75 Å². The largest absolute Gasteiger partial charge is 0.427 e. The van der Waals surface area contributed by atoms with Gasteiger partial charge in [-0.15, -0.1) is 0 Å². The van der Waals surface area contributed by atoms with Crippen LogP contribution in [0.2, 0.25) is 0 Å². The molecule has 2 rings (SSSR count). The van der Waals surface area contributed by atoms with Crippen LogP contribution in [0.1, 0.15) is 12.5 Å². The van der Waals surface area contributed by atoms with E-state index in [1.807, 2.05) is 24.3 Å². The van der Waals surface area contributed by atoms with Crippen LogP contribution >= 0.6 is 12.6 Å². The summed E-state index contributed by atoms with van der Waals surface area (Å²) in [4.78, 5) is 10.9. The van der Waals surface area contributed by atoms with Gasteiger partial charge in [-0.3, -0.25) is 4.79 Å². The SMILES string of the molecule is CC(=O)Oc1ccc2cccc(CCS)c2c1. The van der Waals surface area contributed by atoms with Gasteiger partial charge in [0.15, 0.2) is 0 Å². The van der Waals surface area contributed by atoms with Crippen LogP contribution in [0.25, 0.3) is 10.8 Å². The monoisotopic (exact) mass is 246 g/mol.